The Morgan fingerprint density at radius 3 is 2.63 bits per heavy atom. The topological polar surface area (TPSA) is 84.7 Å². The van der Waals surface area contributed by atoms with E-state index in [2.05, 4.69) is 15.0 Å². The number of nitrogens with one attached hydrogen (secondary N) is 1. The lowest BCUT2D eigenvalue weighted by Gasteiger charge is -2.30. The van der Waals surface area contributed by atoms with E-state index in [-0.39, 0.29) is 5.82 Å². The summed E-state index contributed by atoms with van der Waals surface area (Å²) in [6, 6.07) is 1.46. The van der Waals surface area contributed by atoms with Crippen molar-refractivity contribution in [2.24, 2.45) is 5.41 Å². The summed E-state index contributed by atoms with van der Waals surface area (Å²) >= 11 is 0. The first-order chi connectivity index (χ1) is 9.17. The molecule has 3 rings (SSSR count). The lowest BCUT2D eigenvalue weighted by Crippen LogP contribution is -2.40. The molecule has 1 aromatic rings. The Hall–Kier alpha value is -2.05. The molecular formula is C12H15N3O4. The number of piperidine rings is 1. The molecule has 7 heteroatoms. The Bertz CT molecular complexity index is 471. The van der Waals surface area contributed by atoms with Gasteiger partial charge in [0.25, 0.3) is 0 Å². The van der Waals surface area contributed by atoms with Gasteiger partial charge < -0.3 is 14.2 Å². The van der Waals surface area contributed by atoms with Crippen LogP contribution in [-0.2, 0) is 4.74 Å². The maximum atomic E-state index is 11.8. The number of nitrogens with zero attached hydrogens (tertiary/aromatic N) is 2. The maximum Gasteiger partial charge on any atom is 0.421 e. The highest BCUT2D eigenvalue weighted by molar-refractivity contribution is 5.91. The number of likely N-dealkylation sites (tertiary alicyclic amines) is 1. The molecule has 7 nitrogen and oxygen atoms in total. The van der Waals surface area contributed by atoms with Crippen LogP contribution >= 0.6 is 0 Å². The predicted octanol–water partition coefficient (Wildman–Crippen LogP) is 2.22. The third-order valence-electron chi connectivity index (χ3n) is 3.89. The minimum absolute atomic E-state index is 0.216. The largest absolute Gasteiger partial charge is 0.421 e. The normalized spacial score (nSPS) is 20.1. The smallest absolute Gasteiger partial charge is 0.363 e. The summed E-state index contributed by atoms with van der Waals surface area (Å²) in [6.07, 6.45) is 4.42. The van der Waals surface area contributed by atoms with E-state index in [0.29, 0.717) is 18.5 Å². The number of anilines is 1. The molecule has 2 amide bonds. The molecule has 1 N–H and O–H groups in total. The quantitative estimate of drug-likeness (QED) is 0.787. The molecule has 0 atom stereocenters. The van der Waals surface area contributed by atoms with Gasteiger partial charge in [0.1, 0.15) is 6.26 Å². The molecule has 102 valence electrons. The van der Waals surface area contributed by atoms with E-state index in [1.165, 1.54) is 25.2 Å². The highest BCUT2D eigenvalue weighted by atomic mass is 16.6. The third kappa shape index (κ3) is 2.69. The van der Waals surface area contributed by atoms with Crippen molar-refractivity contribution in [3.63, 3.8) is 0 Å². The molecule has 1 saturated heterocycles. The van der Waals surface area contributed by atoms with Crippen LogP contribution in [0.5, 0.6) is 0 Å². The molecule has 2 heterocycles. The first kappa shape index (κ1) is 12.0. The lowest BCUT2D eigenvalue weighted by molar-refractivity contribution is 0.106. The van der Waals surface area contributed by atoms with Gasteiger partial charge in [0.2, 0.25) is 0 Å². The average molecular weight is 265 g/mol. The van der Waals surface area contributed by atoms with Crippen LogP contribution in [0.25, 0.3) is 0 Å². The molecule has 1 spiro atoms. The maximum absolute atomic E-state index is 11.8. The SMILES string of the molecule is O=C(Nc1ccon1)OC(=O)N1CCC2(CC1)CC2. The molecule has 1 aliphatic carbocycles. The molecule has 19 heavy (non-hydrogen) atoms. The van der Waals surface area contributed by atoms with Crippen molar-refractivity contribution in [1.82, 2.24) is 10.1 Å². The third-order valence-corrected chi connectivity index (χ3v) is 3.89. The number of carbonyl (C=O) groups is 2. The van der Waals surface area contributed by atoms with Crippen molar-refractivity contribution in [1.29, 1.82) is 0 Å². The van der Waals surface area contributed by atoms with Gasteiger partial charge >= 0.3 is 12.2 Å². The first-order valence-electron chi connectivity index (χ1n) is 6.35. The number of hydrogen-bond donors (Lipinski definition) is 1. The summed E-state index contributed by atoms with van der Waals surface area (Å²) in [4.78, 5) is 24.8. The Morgan fingerprint density at radius 1 is 1.32 bits per heavy atom. The molecule has 1 aromatic heterocycles. The second-order valence-corrected chi connectivity index (χ2v) is 5.15. The number of rotatable bonds is 1. The molecule has 2 fully saturated rings. The van der Waals surface area contributed by atoms with Gasteiger partial charge in [-0.3, -0.25) is 5.32 Å². The number of carbonyl (C=O) groups excluding carboxylic acids is 2. The Kier molecular flexibility index (Phi) is 2.88. The van der Waals surface area contributed by atoms with E-state index >= 15 is 0 Å². The summed E-state index contributed by atoms with van der Waals surface area (Å²) in [5.41, 5.74) is 0.486. The van der Waals surface area contributed by atoms with E-state index in [4.69, 9.17) is 4.74 Å². The summed E-state index contributed by atoms with van der Waals surface area (Å²) in [7, 11) is 0. The van der Waals surface area contributed by atoms with Crippen LogP contribution in [0.2, 0.25) is 0 Å². The fraction of sp³-hybridized carbons (Fsp3) is 0.583. The number of hydrogen-bond acceptors (Lipinski definition) is 5. The summed E-state index contributed by atoms with van der Waals surface area (Å²) < 4.78 is 9.26. The van der Waals surface area contributed by atoms with Crippen molar-refractivity contribution in [3.05, 3.63) is 12.3 Å². The van der Waals surface area contributed by atoms with E-state index in [1.54, 1.807) is 4.90 Å². The van der Waals surface area contributed by atoms with Gasteiger partial charge in [-0.2, -0.15) is 0 Å². The first-order valence-corrected chi connectivity index (χ1v) is 6.35. The zero-order valence-electron chi connectivity index (χ0n) is 10.4. The zero-order chi connectivity index (χ0) is 13.3. The van der Waals surface area contributed by atoms with Gasteiger partial charge in [-0.15, -0.1) is 0 Å². The van der Waals surface area contributed by atoms with Gasteiger partial charge in [-0.1, -0.05) is 5.16 Å². The minimum atomic E-state index is -0.842. The summed E-state index contributed by atoms with van der Waals surface area (Å²) in [5, 5.41) is 5.80. The van der Waals surface area contributed by atoms with Crippen molar-refractivity contribution >= 4 is 18.0 Å². The number of amides is 2. The van der Waals surface area contributed by atoms with Gasteiger partial charge in [0.15, 0.2) is 5.82 Å². The van der Waals surface area contributed by atoms with Gasteiger partial charge in [0.05, 0.1) is 0 Å². The Balaban J connectivity index is 1.46. The molecule has 1 saturated carbocycles. The van der Waals surface area contributed by atoms with Crippen LogP contribution in [0, 0.1) is 5.41 Å². The molecule has 2 aliphatic rings. The number of ether oxygens (including phenoxy) is 1. The highest BCUT2D eigenvalue weighted by Gasteiger charge is 2.45. The van der Waals surface area contributed by atoms with Crippen LogP contribution in [-0.4, -0.2) is 35.3 Å². The molecular weight excluding hydrogens is 250 g/mol. The molecule has 0 bridgehead atoms. The van der Waals surface area contributed by atoms with Crippen molar-refractivity contribution in [2.75, 3.05) is 18.4 Å². The van der Waals surface area contributed by atoms with Gasteiger partial charge in [-0.05, 0) is 31.1 Å². The zero-order valence-corrected chi connectivity index (χ0v) is 10.4. The van der Waals surface area contributed by atoms with Crippen molar-refractivity contribution < 1.29 is 18.8 Å². The monoisotopic (exact) mass is 265 g/mol. The van der Waals surface area contributed by atoms with Gasteiger partial charge in [-0.25, -0.2) is 9.59 Å². The van der Waals surface area contributed by atoms with Crippen molar-refractivity contribution in [3.8, 4) is 0 Å². The van der Waals surface area contributed by atoms with Crippen LogP contribution in [0.1, 0.15) is 25.7 Å². The van der Waals surface area contributed by atoms with Crippen LogP contribution < -0.4 is 5.32 Å². The van der Waals surface area contributed by atoms with Crippen LogP contribution in [0.3, 0.4) is 0 Å². The van der Waals surface area contributed by atoms with E-state index < -0.39 is 12.2 Å². The minimum Gasteiger partial charge on any atom is -0.363 e. The second-order valence-electron chi connectivity index (χ2n) is 5.15. The summed E-state index contributed by atoms with van der Waals surface area (Å²) in [6.45, 7) is 1.33. The number of aromatic nitrogens is 1. The second kappa shape index (κ2) is 4.56. The van der Waals surface area contributed by atoms with Crippen molar-refractivity contribution in [2.45, 2.75) is 25.7 Å². The molecule has 0 aromatic carbocycles. The fourth-order valence-corrected chi connectivity index (χ4v) is 2.39. The van der Waals surface area contributed by atoms with Crippen LogP contribution in [0.15, 0.2) is 16.9 Å². The fourth-order valence-electron chi connectivity index (χ4n) is 2.39. The predicted molar refractivity (Wildman–Crippen MR) is 64.5 cm³/mol. The molecule has 1 aliphatic heterocycles. The van der Waals surface area contributed by atoms with E-state index in [0.717, 1.165) is 12.8 Å². The average Bonchev–Trinajstić information content (AvgIpc) is 2.94. The Morgan fingerprint density at radius 2 is 2.05 bits per heavy atom. The van der Waals surface area contributed by atoms with Crippen LogP contribution in [0.4, 0.5) is 15.4 Å². The van der Waals surface area contributed by atoms with E-state index in [1.807, 2.05) is 0 Å². The summed E-state index contributed by atoms with van der Waals surface area (Å²) in [5.74, 6) is 0.216. The Labute approximate surface area is 109 Å². The lowest BCUT2D eigenvalue weighted by atomic mass is 9.94. The molecule has 0 unspecified atom stereocenters. The standard InChI is InChI=1S/C12H15N3O4/c16-10(13-9-1-8-18-14-9)19-11(17)15-6-4-12(2-3-12)5-7-15/h1,8H,2-7H2,(H,13,14,16). The van der Waals surface area contributed by atoms with Gasteiger partial charge in [0, 0.05) is 19.2 Å². The molecule has 0 radical (unpaired) electrons. The highest BCUT2D eigenvalue weighted by Crippen LogP contribution is 2.53. The van der Waals surface area contributed by atoms with E-state index in [9.17, 15) is 9.59 Å².